The Morgan fingerprint density at radius 1 is 1.24 bits per heavy atom. The van der Waals surface area contributed by atoms with Crippen LogP contribution >= 0.6 is 11.6 Å². The summed E-state index contributed by atoms with van der Waals surface area (Å²) in [6.45, 7) is 2.56. The zero-order valence-corrected chi connectivity index (χ0v) is 14.9. The van der Waals surface area contributed by atoms with E-state index in [1.165, 1.54) is 11.1 Å². The Bertz CT molecular complexity index is 828. The highest BCUT2D eigenvalue weighted by atomic mass is 35.5. The molecule has 1 heterocycles. The second kappa shape index (κ2) is 6.57. The van der Waals surface area contributed by atoms with E-state index in [0.717, 1.165) is 22.7 Å². The molecule has 0 saturated heterocycles. The summed E-state index contributed by atoms with van der Waals surface area (Å²) in [6.07, 6.45) is 5.58. The molecule has 2 aliphatic rings. The molecule has 3 nitrogen and oxygen atoms in total. The first kappa shape index (κ1) is 16.2. The van der Waals surface area contributed by atoms with Crippen LogP contribution in [0.1, 0.15) is 46.8 Å². The quantitative estimate of drug-likeness (QED) is 0.770. The number of halogens is 1. The molecule has 3 unspecified atom stereocenters. The van der Waals surface area contributed by atoms with Gasteiger partial charge >= 0.3 is 0 Å². The highest BCUT2D eigenvalue weighted by Gasteiger charge is 2.39. The Kier molecular flexibility index (Phi) is 4.26. The number of carbonyl (C=O) groups is 1. The van der Waals surface area contributed by atoms with Crippen molar-refractivity contribution in [1.29, 1.82) is 0 Å². The average Bonchev–Trinajstić information content (AvgIpc) is 3.11. The van der Waals surface area contributed by atoms with E-state index >= 15 is 0 Å². The van der Waals surface area contributed by atoms with Crippen LogP contribution in [-0.2, 0) is 0 Å². The van der Waals surface area contributed by atoms with Crippen molar-refractivity contribution in [2.45, 2.75) is 25.3 Å². The lowest BCUT2D eigenvalue weighted by atomic mass is 9.76. The second-order valence-corrected chi connectivity index (χ2v) is 7.09. The fourth-order valence-electron chi connectivity index (χ4n) is 4.07. The van der Waals surface area contributed by atoms with Gasteiger partial charge in [0.1, 0.15) is 0 Å². The van der Waals surface area contributed by atoms with E-state index < -0.39 is 0 Å². The number of allylic oxidation sites excluding steroid dienone is 2. The molecule has 0 aromatic heterocycles. The zero-order valence-electron chi connectivity index (χ0n) is 14.1. The van der Waals surface area contributed by atoms with Gasteiger partial charge in [0.2, 0.25) is 0 Å². The molecule has 25 heavy (non-hydrogen) atoms. The molecule has 1 aliphatic carbocycles. The minimum atomic E-state index is -0.0258. The number of fused-ring (bicyclic) bond motifs is 3. The number of para-hydroxylation sites is 1. The van der Waals surface area contributed by atoms with Crippen molar-refractivity contribution in [2.24, 2.45) is 5.92 Å². The van der Waals surface area contributed by atoms with E-state index in [-0.39, 0.29) is 11.9 Å². The average molecular weight is 353 g/mol. The molecule has 1 aliphatic heterocycles. The Hall–Kier alpha value is -2.26. The molecule has 0 radical (unpaired) electrons. The van der Waals surface area contributed by atoms with E-state index in [2.05, 4.69) is 41.0 Å². The van der Waals surface area contributed by atoms with E-state index in [4.69, 9.17) is 11.6 Å². The maximum atomic E-state index is 12.5. The molecular weight excluding hydrogens is 332 g/mol. The molecule has 4 heteroatoms. The summed E-state index contributed by atoms with van der Waals surface area (Å²) in [5, 5.41) is 7.33. The minimum absolute atomic E-state index is 0.0258. The van der Waals surface area contributed by atoms with Crippen LogP contribution in [-0.4, -0.2) is 12.5 Å². The molecule has 4 rings (SSSR count). The summed E-state index contributed by atoms with van der Waals surface area (Å²) in [7, 11) is 0. The van der Waals surface area contributed by atoms with Gasteiger partial charge in [-0.2, -0.15) is 0 Å². The lowest BCUT2D eigenvalue weighted by molar-refractivity contribution is 0.0956. The first-order valence-corrected chi connectivity index (χ1v) is 9.16. The Labute approximate surface area is 153 Å². The number of anilines is 1. The molecular formula is C21H21ClN2O. The van der Waals surface area contributed by atoms with Gasteiger partial charge in [-0.15, -0.1) is 0 Å². The van der Waals surface area contributed by atoms with E-state index in [0.29, 0.717) is 18.4 Å². The van der Waals surface area contributed by atoms with Gasteiger partial charge in [0.15, 0.2) is 0 Å². The molecule has 2 N–H and O–H groups in total. The largest absolute Gasteiger partial charge is 0.377 e. The monoisotopic (exact) mass is 352 g/mol. The third kappa shape index (κ3) is 2.83. The summed E-state index contributed by atoms with van der Waals surface area (Å²) in [6, 6.07) is 14.2. The molecule has 128 valence electrons. The lowest BCUT2D eigenvalue weighted by Gasteiger charge is -2.38. The van der Waals surface area contributed by atoms with Crippen LogP contribution in [0.15, 0.2) is 54.6 Å². The SMILES string of the molecule is CCNC(=O)c1cccc2c1NC(c1ccc(Cl)cc1)C1CC=CC21. The number of rotatable bonds is 3. The first-order valence-electron chi connectivity index (χ1n) is 8.79. The number of hydrogen-bond donors (Lipinski definition) is 2. The molecule has 0 spiro atoms. The fraction of sp³-hybridized carbons (Fsp3) is 0.286. The number of benzene rings is 2. The molecule has 0 fully saturated rings. The van der Waals surface area contributed by atoms with Crippen LogP contribution in [0.3, 0.4) is 0 Å². The van der Waals surface area contributed by atoms with Crippen molar-refractivity contribution in [3.63, 3.8) is 0 Å². The number of hydrogen-bond acceptors (Lipinski definition) is 2. The van der Waals surface area contributed by atoms with Gasteiger partial charge in [0.25, 0.3) is 5.91 Å². The summed E-state index contributed by atoms with van der Waals surface area (Å²) in [5.41, 5.74) is 4.10. The zero-order chi connectivity index (χ0) is 17.4. The standard InChI is InChI=1S/C21H21ClN2O/c1-2-23-21(25)18-8-4-7-17-15-5-3-6-16(15)19(24-20(17)18)13-9-11-14(22)12-10-13/h3-5,7-12,15-16,19,24H,2,6H2,1H3,(H,23,25). The molecule has 2 aromatic carbocycles. The molecule has 1 amide bonds. The Morgan fingerprint density at radius 2 is 2.04 bits per heavy atom. The van der Waals surface area contributed by atoms with Crippen LogP contribution in [0.4, 0.5) is 5.69 Å². The normalized spacial score (nSPS) is 23.5. The van der Waals surface area contributed by atoms with Crippen molar-refractivity contribution in [3.05, 3.63) is 76.3 Å². The van der Waals surface area contributed by atoms with Crippen molar-refractivity contribution in [3.8, 4) is 0 Å². The summed E-state index contributed by atoms with van der Waals surface area (Å²) < 4.78 is 0. The van der Waals surface area contributed by atoms with Gasteiger partial charge < -0.3 is 10.6 Å². The van der Waals surface area contributed by atoms with E-state index in [9.17, 15) is 4.79 Å². The molecule has 3 atom stereocenters. The van der Waals surface area contributed by atoms with Gasteiger partial charge in [-0.1, -0.05) is 48.0 Å². The molecule has 0 bridgehead atoms. The van der Waals surface area contributed by atoms with Crippen LogP contribution in [0, 0.1) is 5.92 Å². The minimum Gasteiger partial charge on any atom is -0.377 e. The maximum Gasteiger partial charge on any atom is 0.253 e. The van der Waals surface area contributed by atoms with Crippen LogP contribution in [0.25, 0.3) is 0 Å². The third-order valence-electron chi connectivity index (χ3n) is 5.21. The van der Waals surface area contributed by atoms with E-state index in [1.54, 1.807) is 0 Å². The Balaban J connectivity index is 1.79. The van der Waals surface area contributed by atoms with Gasteiger partial charge in [-0.05, 0) is 48.6 Å². The maximum absolute atomic E-state index is 12.5. The van der Waals surface area contributed by atoms with Crippen molar-refractivity contribution < 1.29 is 4.79 Å². The topological polar surface area (TPSA) is 41.1 Å². The van der Waals surface area contributed by atoms with Crippen molar-refractivity contribution >= 4 is 23.2 Å². The predicted octanol–water partition coefficient (Wildman–Crippen LogP) is 4.92. The summed E-state index contributed by atoms with van der Waals surface area (Å²) in [5.74, 6) is 0.770. The van der Waals surface area contributed by atoms with Crippen molar-refractivity contribution in [1.82, 2.24) is 5.32 Å². The highest BCUT2D eigenvalue weighted by molar-refractivity contribution is 6.30. The first-order chi connectivity index (χ1) is 12.2. The molecule has 2 aromatic rings. The van der Waals surface area contributed by atoms with Gasteiger partial charge in [0, 0.05) is 17.5 Å². The molecule has 0 saturated carbocycles. The van der Waals surface area contributed by atoms with E-state index in [1.807, 2.05) is 31.2 Å². The number of carbonyl (C=O) groups excluding carboxylic acids is 1. The highest BCUT2D eigenvalue weighted by Crippen LogP contribution is 2.50. The van der Waals surface area contributed by atoms with Crippen LogP contribution < -0.4 is 10.6 Å². The fourth-order valence-corrected chi connectivity index (χ4v) is 4.19. The number of amides is 1. The Morgan fingerprint density at radius 3 is 2.80 bits per heavy atom. The smallest absolute Gasteiger partial charge is 0.253 e. The van der Waals surface area contributed by atoms with Gasteiger partial charge in [-0.3, -0.25) is 4.79 Å². The summed E-state index contributed by atoms with van der Waals surface area (Å²) in [4.78, 5) is 12.5. The van der Waals surface area contributed by atoms with Gasteiger partial charge in [-0.25, -0.2) is 0 Å². The van der Waals surface area contributed by atoms with Gasteiger partial charge in [0.05, 0.1) is 17.3 Å². The predicted molar refractivity (Wildman–Crippen MR) is 102 cm³/mol. The third-order valence-corrected chi connectivity index (χ3v) is 5.46. The summed E-state index contributed by atoms with van der Waals surface area (Å²) >= 11 is 6.06. The van der Waals surface area contributed by atoms with Crippen LogP contribution in [0.5, 0.6) is 0 Å². The number of nitrogens with one attached hydrogen (secondary N) is 2. The second-order valence-electron chi connectivity index (χ2n) is 6.66. The van der Waals surface area contributed by atoms with Crippen LogP contribution in [0.2, 0.25) is 5.02 Å². The van der Waals surface area contributed by atoms with Crippen molar-refractivity contribution in [2.75, 3.05) is 11.9 Å². The lowest BCUT2D eigenvalue weighted by Crippen LogP contribution is -2.32.